The fourth-order valence-corrected chi connectivity index (χ4v) is 4.26. The summed E-state index contributed by atoms with van der Waals surface area (Å²) in [6.45, 7) is 1.16. The van der Waals surface area contributed by atoms with Gasteiger partial charge in [0.2, 0.25) is 10.0 Å². The number of pyridine rings is 1. The largest absolute Gasteiger partial charge is 0.308 e. The number of nitrogens with zero attached hydrogens (tertiary/aromatic N) is 3. The smallest absolute Gasteiger partial charge is 0.243 e. The molecule has 130 valence electrons. The van der Waals surface area contributed by atoms with Crippen LogP contribution in [0.1, 0.15) is 5.56 Å². The van der Waals surface area contributed by atoms with Crippen LogP contribution in [-0.2, 0) is 16.6 Å². The monoisotopic (exact) mass is 387 g/mol. The first kappa shape index (κ1) is 19.1. The molecule has 0 aliphatic heterocycles. The summed E-state index contributed by atoms with van der Waals surface area (Å²) in [6, 6.07) is 7.95. The van der Waals surface area contributed by atoms with Crippen LogP contribution in [0.2, 0.25) is 10.0 Å². The summed E-state index contributed by atoms with van der Waals surface area (Å²) >= 11 is 11.9. The van der Waals surface area contributed by atoms with Crippen LogP contribution in [0.25, 0.3) is 0 Å². The molecule has 0 atom stereocenters. The molecule has 0 radical (unpaired) electrons. The molecule has 0 bridgehead atoms. The molecule has 0 N–H and O–H groups in total. The molecule has 0 spiro atoms. The maximum Gasteiger partial charge on any atom is 0.243 e. The van der Waals surface area contributed by atoms with Crippen molar-refractivity contribution in [1.29, 1.82) is 0 Å². The molecule has 0 saturated carbocycles. The van der Waals surface area contributed by atoms with E-state index in [-0.39, 0.29) is 21.5 Å². The van der Waals surface area contributed by atoms with Crippen molar-refractivity contribution in [2.45, 2.75) is 11.4 Å². The zero-order valence-electron chi connectivity index (χ0n) is 13.5. The first-order valence-corrected chi connectivity index (χ1v) is 9.48. The molecule has 8 heteroatoms. The van der Waals surface area contributed by atoms with Gasteiger partial charge in [-0.15, -0.1) is 0 Å². The van der Waals surface area contributed by atoms with Gasteiger partial charge in [-0.05, 0) is 43.9 Å². The summed E-state index contributed by atoms with van der Waals surface area (Å²) in [6.07, 6.45) is 3.31. The van der Waals surface area contributed by atoms with E-state index >= 15 is 0 Å². The van der Waals surface area contributed by atoms with E-state index in [1.807, 2.05) is 25.1 Å². The van der Waals surface area contributed by atoms with E-state index in [1.54, 1.807) is 18.5 Å². The number of likely N-dealkylation sites (N-methyl/N-ethyl adjacent to an activating group) is 1. The van der Waals surface area contributed by atoms with Gasteiger partial charge in [0.25, 0.3) is 0 Å². The predicted octanol–water partition coefficient (Wildman–Crippen LogP) is 3.14. The Labute approximate surface area is 152 Å². The zero-order valence-corrected chi connectivity index (χ0v) is 15.8. The number of hydrogen-bond acceptors (Lipinski definition) is 4. The number of rotatable bonds is 7. The third-order valence-corrected chi connectivity index (χ3v) is 5.61. The number of aromatic nitrogens is 1. The van der Waals surface area contributed by atoms with E-state index in [1.165, 1.54) is 22.5 Å². The molecule has 24 heavy (non-hydrogen) atoms. The van der Waals surface area contributed by atoms with Gasteiger partial charge in [0.15, 0.2) is 0 Å². The molecule has 1 heterocycles. The Morgan fingerprint density at radius 2 is 1.75 bits per heavy atom. The van der Waals surface area contributed by atoms with Gasteiger partial charge in [-0.1, -0.05) is 29.3 Å². The van der Waals surface area contributed by atoms with Crippen molar-refractivity contribution in [2.24, 2.45) is 0 Å². The Balaban J connectivity index is 2.36. The van der Waals surface area contributed by atoms with E-state index in [0.717, 1.165) is 5.56 Å². The maximum absolute atomic E-state index is 13.0. The fraction of sp³-hybridized carbons (Fsp3) is 0.312. The third kappa shape index (κ3) is 5.16. The molecular weight excluding hydrogens is 369 g/mol. The number of benzene rings is 1. The molecular formula is C16H19Cl2N3O2S. The average molecular weight is 388 g/mol. The zero-order chi connectivity index (χ0) is 17.7. The molecule has 0 saturated heterocycles. The van der Waals surface area contributed by atoms with Gasteiger partial charge in [0, 0.05) is 42.1 Å². The van der Waals surface area contributed by atoms with E-state index in [4.69, 9.17) is 23.2 Å². The Hall–Kier alpha value is -1.18. The van der Waals surface area contributed by atoms with Crippen LogP contribution in [0.5, 0.6) is 0 Å². The Morgan fingerprint density at radius 1 is 1.08 bits per heavy atom. The van der Waals surface area contributed by atoms with Crippen LogP contribution < -0.4 is 0 Å². The van der Waals surface area contributed by atoms with Crippen LogP contribution in [-0.4, -0.2) is 49.8 Å². The second-order valence-electron chi connectivity index (χ2n) is 5.61. The van der Waals surface area contributed by atoms with Crippen molar-refractivity contribution in [3.8, 4) is 0 Å². The van der Waals surface area contributed by atoms with Crippen molar-refractivity contribution in [2.75, 3.05) is 27.2 Å². The highest BCUT2D eigenvalue weighted by atomic mass is 35.5. The first-order chi connectivity index (χ1) is 11.3. The average Bonchev–Trinajstić information content (AvgIpc) is 2.51. The Bertz CT molecular complexity index is 763. The SMILES string of the molecule is CN(C)CCN(Cc1cccnc1)S(=O)(=O)c1cc(Cl)cc(Cl)c1. The summed E-state index contributed by atoms with van der Waals surface area (Å²) in [5, 5.41) is 0.574. The topological polar surface area (TPSA) is 53.5 Å². The van der Waals surface area contributed by atoms with Crippen molar-refractivity contribution in [1.82, 2.24) is 14.2 Å². The van der Waals surface area contributed by atoms with Crippen molar-refractivity contribution in [3.05, 3.63) is 58.3 Å². The molecule has 0 fully saturated rings. The van der Waals surface area contributed by atoms with Crippen LogP contribution in [0.3, 0.4) is 0 Å². The van der Waals surface area contributed by atoms with Gasteiger partial charge in [-0.3, -0.25) is 4.98 Å². The Kier molecular flexibility index (Phi) is 6.60. The minimum absolute atomic E-state index is 0.0858. The van der Waals surface area contributed by atoms with Crippen LogP contribution in [0.4, 0.5) is 0 Å². The van der Waals surface area contributed by atoms with Gasteiger partial charge >= 0.3 is 0 Å². The van der Waals surface area contributed by atoms with Gasteiger partial charge < -0.3 is 4.90 Å². The molecule has 2 rings (SSSR count). The maximum atomic E-state index is 13.0. The molecule has 1 aromatic heterocycles. The van der Waals surface area contributed by atoms with Gasteiger partial charge in [0.05, 0.1) is 4.90 Å². The lowest BCUT2D eigenvalue weighted by molar-refractivity contribution is 0.329. The molecule has 0 unspecified atom stereocenters. The summed E-state index contributed by atoms with van der Waals surface area (Å²) < 4.78 is 27.5. The van der Waals surface area contributed by atoms with E-state index in [0.29, 0.717) is 13.1 Å². The highest BCUT2D eigenvalue weighted by Crippen LogP contribution is 2.25. The van der Waals surface area contributed by atoms with Gasteiger partial charge in [0.1, 0.15) is 0 Å². The van der Waals surface area contributed by atoms with E-state index in [9.17, 15) is 8.42 Å². The lowest BCUT2D eigenvalue weighted by Crippen LogP contribution is -2.36. The summed E-state index contributed by atoms with van der Waals surface area (Å²) in [4.78, 5) is 6.05. The molecule has 2 aromatic rings. The van der Waals surface area contributed by atoms with E-state index < -0.39 is 10.0 Å². The van der Waals surface area contributed by atoms with E-state index in [2.05, 4.69) is 4.98 Å². The number of sulfonamides is 1. The first-order valence-electron chi connectivity index (χ1n) is 7.29. The number of halogens is 2. The normalized spacial score (nSPS) is 12.1. The predicted molar refractivity (Wildman–Crippen MR) is 96.8 cm³/mol. The summed E-state index contributed by atoms with van der Waals surface area (Å²) in [5.74, 6) is 0. The van der Waals surface area contributed by atoms with Crippen LogP contribution >= 0.6 is 23.2 Å². The summed E-state index contributed by atoms with van der Waals surface area (Å²) in [7, 11) is 0.0580. The van der Waals surface area contributed by atoms with Gasteiger partial charge in [-0.25, -0.2) is 8.42 Å². The fourth-order valence-electron chi connectivity index (χ4n) is 2.12. The van der Waals surface area contributed by atoms with Crippen LogP contribution in [0, 0.1) is 0 Å². The van der Waals surface area contributed by atoms with Crippen molar-refractivity contribution in [3.63, 3.8) is 0 Å². The van der Waals surface area contributed by atoms with Crippen LogP contribution in [0.15, 0.2) is 47.6 Å². The minimum atomic E-state index is -3.73. The quantitative estimate of drug-likeness (QED) is 0.731. The molecule has 0 aliphatic carbocycles. The second kappa shape index (κ2) is 8.27. The highest BCUT2D eigenvalue weighted by molar-refractivity contribution is 7.89. The molecule has 1 aromatic carbocycles. The van der Waals surface area contributed by atoms with Gasteiger partial charge in [-0.2, -0.15) is 4.31 Å². The summed E-state index contributed by atoms with van der Waals surface area (Å²) in [5.41, 5.74) is 0.813. The molecule has 0 aliphatic rings. The second-order valence-corrected chi connectivity index (χ2v) is 8.42. The minimum Gasteiger partial charge on any atom is -0.308 e. The van der Waals surface area contributed by atoms with Crippen molar-refractivity contribution < 1.29 is 8.42 Å². The highest BCUT2D eigenvalue weighted by Gasteiger charge is 2.25. The standard InChI is InChI=1S/C16H19Cl2N3O2S/c1-20(2)6-7-21(12-13-4-3-5-19-11-13)24(22,23)16-9-14(17)8-15(18)10-16/h3-5,8-11H,6-7,12H2,1-2H3. The third-order valence-electron chi connectivity index (χ3n) is 3.35. The molecule has 5 nitrogen and oxygen atoms in total. The van der Waals surface area contributed by atoms with Crippen molar-refractivity contribution >= 4 is 33.2 Å². The Morgan fingerprint density at radius 3 is 2.29 bits per heavy atom. The lowest BCUT2D eigenvalue weighted by atomic mass is 10.3. The number of hydrogen-bond donors (Lipinski definition) is 0. The molecule has 0 amide bonds. The lowest BCUT2D eigenvalue weighted by Gasteiger charge is -2.24.